The Hall–Kier alpha value is -1.49. The van der Waals surface area contributed by atoms with Crippen LogP contribution in [0.25, 0.3) is 10.9 Å². The molecule has 5 heteroatoms. The Balaban J connectivity index is 1.76. The Morgan fingerprint density at radius 2 is 2.15 bits per heavy atom. The van der Waals surface area contributed by atoms with E-state index < -0.39 is 0 Å². The van der Waals surface area contributed by atoms with Gasteiger partial charge in [-0.2, -0.15) is 0 Å². The molecule has 0 aliphatic heterocycles. The Kier molecular flexibility index (Phi) is 3.96. The molecule has 2 aromatic heterocycles. The van der Waals surface area contributed by atoms with E-state index >= 15 is 0 Å². The van der Waals surface area contributed by atoms with Gasteiger partial charge in [-0.3, -0.25) is 4.98 Å². The van der Waals surface area contributed by atoms with Gasteiger partial charge in [-0.05, 0) is 30.7 Å². The smallest absolute Gasteiger partial charge is 0.107 e. The van der Waals surface area contributed by atoms with Crippen LogP contribution in [0.5, 0.6) is 0 Å². The molecule has 20 heavy (non-hydrogen) atoms. The van der Waals surface area contributed by atoms with Crippen LogP contribution in [0.2, 0.25) is 5.02 Å². The molecule has 0 spiro atoms. The number of hydrogen-bond acceptors (Lipinski definition) is 4. The van der Waals surface area contributed by atoms with E-state index in [-0.39, 0.29) is 0 Å². The number of aryl methyl sites for hydroxylation is 1. The second kappa shape index (κ2) is 5.87. The van der Waals surface area contributed by atoms with Gasteiger partial charge >= 0.3 is 0 Å². The molecule has 102 valence electrons. The number of pyridine rings is 1. The fraction of sp³-hybridized carbons (Fsp3) is 0.200. The highest BCUT2D eigenvalue weighted by molar-refractivity contribution is 7.09. The molecule has 0 unspecified atom stereocenters. The highest BCUT2D eigenvalue weighted by atomic mass is 35.5. The fourth-order valence-electron chi connectivity index (χ4n) is 2.13. The van der Waals surface area contributed by atoms with Gasteiger partial charge in [-0.15, -0.1) is 11.3 Å². The zero-order valence-corrected chi connectivity index (χ0v) is 12.6. The Bertz CT molecular complexity index is 739. The molecule has 3 aromatic rings. The van der Waals surface area contributed by atoms with E-state index in [2.05, 4.69) is 20.7 Å². The van der Waals surface area contributed by atoms with Crippen molar-refractivity contribution in [3.63, 3.8) is 0 Å². The number of nitrogens with one attached hydrogen (secondary N) is 1. The molecule has 2 heterocycles. The second-order valence-corrected chi connectivity index (χ2v) is 5.94. The molecule has 0 atom stereocenters. The van der Waals surface area contributed by atoms with Gasteiger partial charge in [0.15, 0.2) is 0 Å². The fourth-order valence-corrected chi connectivity index (χ4v) is 3.08. The van der Waals surface area contributed by atoms with Crippen LogP contribution in [-0.4, -0.2) is 9.97 Å². The molecule has 0 aliphatic carbocycles. The lowest BCUT2D eigenvalue weighted by molar-refractivity contribution is 0.691. The van der Waals surface area contributed by atoms with Crippen molar-refractivity contribution in [2.45, 2.75) is 20.0 Å². The van der Waals surface area contributed by atoms with Gasteiger partial charge < -0.3 is 5.32 Å². The highest BCUT2D eigenvalue weighted by Crippen LogP contribution is 2.24. The minimum Gasteiger partial charge on any atom is -0.306 e. The van der Waals surface area contributed by atoms with Crippen molar-refractivity contribution >= 4 is 33.8 Å². The van der Waals surface area contributed by atoms with Gasteiger partial charge in [0.2, 0.25) is 0 Å². The lowest BCUT2D eigenvalue weighted by Gasteiger charge is -2.07. The minimum absolute atomic E-state index is 0.743. The topological polar surface area (TPSA) is 37.8 Å². The summed E-state index contributed by atoms with van der Waals surface area (Å²) in [6.45, 7) is 3.54. The van der Waals surface area contributed by atoms with Crippen LogP contribution >= 0.6 is 22.9 Å². The third kappa shape index (κ3) is 2.82. The summed E-state index contributed by atoms with van der Waals surface area (Å²) >= 11 is 7.87. The number of rotatable bonds is 4. The normalized spacial score (nSPS) is 11.1. The summed E-state index contributed by atoms with van der Waals surface area (Å²) in [5.74, 6) is 0. The predicted molar refractivity (Wildman–Crippen MR) is 84.1 cm³/mol. The average molecular weight is 304 g/mol. The van der Waals surface area contributed by atoms with Gasteiger partial charge in [0.25, 0.3) is 0 Å². The van der Waals surface area contributed by atoms with E-state index in [0.29, 0.717) is 0 Å². The molecule has 3 rings (SSSR count). The average Bonchev–Trinajstić information content (AvgIpc) is 2.87. The van der Waals surface area contributed by atoms with Crippen molar-refractivity contribution in [3.8, 4) is 0 Å². The van der Waals surface area contributed by atoms with Crippen LogP contribution in [0, 0.1) is 6.92 Å². The van der Waals surface area contributed by atoms with Gasteiger partial charge in [0.1, 0.15) is 5.01 Å². The van der Waals surface area contributed by atoms with Crippen LogP contribution in [0.1, 0.15) is 16.3 Å². The summed E-state index contributed by atoms with van der Waals surface area (Å²) in [4.78, 5) is 8.87. The van der Waals surface area contributed by atoms with Gasteiger partial charge in [-0.1, -0.05) is 17.7 Å². The zero-order chi connectivity index (χ0) is 13.9. The summed E-state index contributed by atoms with van der Waals surface area (Å²) < 4.78 is 0. The first-order valence-electron chi connectivity index (χ1n) is 6.38. The molecule has 0 fully saturated rings. The number of thiazole rings is 1. The van der Waals surface area contributed by atoms with Gasteiger partial charge in [0.05, 0.1) is 5.52 Å². The van der Waals surface area contributed by atoms with Crippen LogP contribution in [0.15, 0.2) is 35.8 Å². The molecule has 0 saturated carbocycles. The lowest BCUT2D eigenvalue weighted by atomic mass is 10.1. The summed E-state index contributed by atoms with van der Waals surface area (Å²) in [6, 6.07) is 7.86. The van der Waals surface area contributed by atoms with Crippen LogP contribution < -0.4 is 5.32 Å². The second-order valence-electron chi connectivity index (χ2n) is 4.59. The monoisotopic (exact) mass is 303 g/mol. The van der Waals surface area contributed by atoms with E-state index in [1.54, 1.807) is 17.5 Å². The highest BCUT2D eigenvalue weighted by Gasteiger charge is 2.06. The first-order chi connectivity index (χ1) is 9.74. The molecule has 0 bridgehead atoms. The maximum atomic E-state index is 6.19. The zero-order valence-electron chi connectivity index (χ0n) is 11.1. The standard InChI is InChI=1S/C15H14ClN3S/c1-10-9-20-14(19-10)8-17-7-11-4-5-13(16)12-3-2-6-18-15(11)12/h2-6,9,17H,7-8H2,1H3. The van der Waals surface area contributed by atoms with Crippen LogP contribution in [0.4, 0.5) is 0 Å². The predicted octanol–water partition coefficient (Wildman–Crippen LogP) is 3.94. The van der Waals surface area contributed by atoms with Gasteiger partial charge in [-0.25, -0.2) is 4.98 Å². The molecule has 0 amide bonds. The SMILES string of the molecule is Cc1csc(CNCc2ccc(Cl)c3cccnc23)n1. The number of benzene rings is 1. The lowest BCUT2D eigenvalue weighted by Crippen LogP contribution is -2.13. The summed E-state index contributed by atoms with van der Waals surface area (Å²) in [7, 11) is 0. The molecular weight excluding hydrogens is 290 g/mol. The number of fused-ring (bicyclic) bond motifs is 1. The Morgan fingerprint density at radius 3 is 2.95 bits per heavy atom. The number of nitrogens with zero attached hydrogens (tertiary/aromatic N) is 2. The number of aromatic nitrogens is 2. The number of halogens is 1. The number of hydrogen-bond donors (Lipinski definition) is 1. The van der Waals surface area contributed by atoms with Crippen molar-refractivity contribution in [1.29, 1.82) is 0 Å². The first kappa shape index (κ1) is 13.5. The van der Waals surface area contributed by atoms with Crippen molar-refractivity contribution in [1.82, 2.24) is 15.3 Å². The summed E-state index contributed by atoms with van der Waals surface area (Å²) in [5.41, 5.74) is 3.19. The summed E-state index contributed by atoms with van der Waals surface area (Å²) in [6.07, 6.45) is 1.80. The van der Waals surface area contributed by atoms with Crippen molar-refractivity contribution in [3.05, 3.63) is 57.1 Å². The first-order valence-corrected chi connectivity index (χ1v) is 7.63. The van der Waals surface area contributed by atoms with E-state index in [1.165, 1.54) is 0 Å². The Morgan fingerprint density at radius 1 is 1.25 bits per heavy atom. The van der Waals surface area contributed by atoms with Gasteiger partial charge in [0, 0.05) is 40.8 Å². The third-order valence-electron chi connectivity index (χ3n) is 3.06. The quantitative estimate of drug-likeness (QED) is 0.793. The molecule has 0 radical (unpaired) electrons. The summed E-state index contributed by atoms with van der Waals surface area (Å²) in [5, 5.41) is 8.32. The maximum absolute atomic E-state index is 6.19. The Labute approximate surface area is 126 Å². The van der Waals surface area contributed by atoms with Crippen molar-refractivity contribution in [2.24, 2.45) is 0 Å². The maximum Gasteiger partial charge on any atom is 0.107 e. The molecule has 0 saturated heterocycles. The van der Waals surface area contributed by atoms with Crippen molar-refractivity contribution in [2.75, 3.05) is 0 Å². The molecular formula is C15H14ClN3S. The van der Waals surface area contributed by atoms with E-state index in [9.17, 15) is 0 Å². The van der Waals surface area contributed by atoms with E-state index in [0.717, 1.165) is 45.3 Å². The molecule has 1 aromatic carbocycles. The van der Waals surface area contributed by atoms with Crippen LogP contribution in [0.3, 0.4) is 0 Å². The van der Waals surface area contributed by atoms with Crippen molar-refractivity contribution < 1.29 is 0 Å². The molecule has 1 N–H and O–H groups in total. The van der Waals surface area contributed by atoms with E-state index in [1.807, 2.05) is 31.2 Å². The molecule has 0 aliphatic rings. The third-order valence-corrected chi connectivity index (χ3v) is 4.35. The molecule has 3 nitrogen and oxygen atoms in total. The van der Waals surface area contributed by atoms with E-state index in [4.69, 9.17) is 11.6 Å². The van der Waals surface area contributed by atoms with Crippen LogP contribution in [-0.2, 0) is 13.1 Å². The largest absolute Gasteiger partial charge is 0.306 e. The minimum atomic E-state index is 0.743.